The van der Waals surface area contributed by atoms with Crippen LogP contribution in [0.15, 0.2) is 6.07 Å². The quantitative estimate of drug-likeness (QED) is 0.639. The Labute approximate surface area is 98.3 Å². The fourth-order valence-electron chi connectivity index (χ4n) is 1.96. The van der Waals surface area contributed by atoms with E-state index < -0.39 is 17.7 Å². The van der Waals surface area contributed by atoms with E-state index in [1.165, 1.54) is 26.8 Å². The minimum atomic E-state index is -1.24. The summed E-state index contributed by atoms with van der Waals surface area (Å²) >= 11 is 0. The van der Waals surface area contributed by atoms with Gasteiger partial charge in [0, 0.05) is 11.1 Å². The number of rotatable bonds is 1. The first kappa shape index (κ1) is 11.7. The van der Waals surface area contributed by atoms with Crippen molar-refractivity contribution >= 4 is 5.97 Å². The van der Waals surface area contributed by atoms with E-state index in [1.807, 2.05) is 0 Å². The van der Waals surface area contributed by atoms with Gasteiger partial charge in [0.05, 0.1) is 6.10 Å². The van der Waals surface area contributed by atoms with E-state index in [9.17, 15) is 20.1 Å². The molecule has 0 amide bonds. The molecule has 0 aliphatic carbocycles. The molecule has 0 aromatic heterocycles. The molecule has 0 spiro atoms. The smallest absolute Gasteiger partial charge is 0.343 e. The Balaban J connectivity index is 2.77. The molecular formula is C12H14O5. The largest absolute Gasteiger partial charge is 0.508 e. The molecule has 2 atom stereocenters. The van der Waals surface area contributed by atoms with Gasteiger partial charge >= 0.3 is 5.97 Å². The number of phenols is 2. The van der Waals surface area contributed by atoms with E-state index in [0.29, 0.717) is 5.56 Å². The normalized spacial score (nSPS) is 24.4. The number of esters is 1. The number of hydrogen-bond acceptors (Lipinski definition) is 5. The molecule has 0 saturated heterocycles. The molecule has 5 heteroatoms. The zero-order valence-corrected chi connectivity index (χ0v) is 9.81. The second kappa shape index (κ2) is 3.37. The molecule has 17 heavy (non-hydrogen) atoms. The summed E-state index contributed by atoms with van der Waals surface area (Å²) in [5.74, 6) is -1.12. The second-order valence-corrected chi connectivity index (χ2v) is 4.46. The zero-order valence-electron chi connectivity index (χ0n) is 9.81. The first-order valence-electron chi connectivity index (χ1n) is 5.26. The van der Waals surface area contributed by atoms with Crippen LogP contribution in [-0.4, -0.2) is 27.4 Å². The number of aromatic hydroxyl groups is 2. The van der Waals surface area contributed by atoms with Gasteiger partial charge in [0.15, 0.2) is 5.60 Å². The SMILES string of the molecule is Cc1c(O)cc2c(c1O)C(=O)O[C@@]2(C)C(C)O. The molecule has 92 valence electrons. The first-order valence-corrected chi connectivity index (χ1v) is 5.26. The topological polar surface area (TPSA) is 87.0 Å². The predicted octanol–water partition coefficient (Wildman–Crippen LogP) is 1.17. The molecule has 0 saturated carbocycles. The average molecular weight is 238 g/mol. The zero-order chi connectivity index (χ0) is 13.0. The number of carbonyl (C=O) groups excluding carboxylic acids is 1. The predicted molar refractivity (Wildman–Crippen MR) is 59.0 cm³/mol. The maximum Gasteiger partial charge on any atom is 0.343 e. The molecule has 3 N–H and O–H groups in total. The number of aliphatic hydroxyl groups excluding tert-OH is 1. The average Bonchev–Trinajstić information content (AvgIpc) is 2.49. The fraction of sp³-hybridized carbons (Fsp3) is 0.417. The third kappa shape index (κ3) is 1.39. The summed E-state index contributed by atoms with van der Waals surface area (Å²) in [4.78, 5) is 11.7. The van der Waals surface area contributed by atoms with E-state index >= 15 is 0 Å². The third-order valence-electron chi connectivity index (χ3n) is 3.37. The lowest BCUT2D eigenvalue weighted by Crippen LogP contribution is -2.34. The molecule has 5 nitrogen and oxygen atoms in total. The van der Waals surface area contributed by atoms with E-state index in [1.54, 1.807) is 0 Å². The Morgan fingerprint density at radius 3 is 2.53 bits per heavy atom. The summed E-state index contributed by atoms with van der Waals surface area (Å²) in [6.07, 6.45) is -0.950. The summed E-state index contributed by atoms with van der Waals surface area (Å²) in [6, 6.07) is 1.35. The van der Waals surface area contributed by atoms with Gasteiger partial charge in [0.2, 0.25) is 0 Å². The van der Waals surface area contributed by atoms with Crippen LogP contribution in [0.5, 0.6) is 11.5 Å². The highest BCUT2D eigenvalue weighted by atomic mass is 16.6. The van der Waals surface area contributed by atoms with Crippen molar-refractivity contribution < 1.29 is 24.9 Å². The van der Waals surface area contributed by atoms with Crippen molar-refractivity contribution in [2.24, 2.45) is 0 Å². The number of carbonyl (C=O) groups is 1. The Morgan fingerprint density at radius 2 is 2.00 bits per heavy atom. The van der Waals surface area contributed by atoms with Crippen LogP contribution in [0, 0.1) is 6.92 Å². The molecular weight excluding hydrogens is 224 g/mol. The van der Waals surface area contributed by atoms with Crippen molar-refractivity contribution in [2.45, 2.75) is 32.5 Å². The Kier molecular flexibility index (Phi) is 2.32. The van der Waals surface area contributed by atoms with Gasteiger partial charge in [-0.2, -0.15) is 0 Å². The van der Waals surface area contributed by atoms with Crippen LogP contribution in [0.4, 0.5) is 0 Å². The minimum absolute atomic E-state index is 0.0173. The van der Waals surface area contributed by atoms with E-state index in [0.717, 1.165) is 0 Å². The molecule has 0 bridgehead atoms. The summed E-state index contributed by atoms with van der Waals surface area (Å²) in [5.41, 5.74) is -0.702. The minimum Gasteiger partial charge on any atom is -0.508 e. The highest BCUT2D eigenvalue weighted by molar-refractivity contribution is 5.98. The van der Waals surface area contributed by atoms with Crippen molar-refractivity contribution in [3.05, 3.63) is 22.8 Å². The number of ether oxygens (including phenoxy) is 1. The van der Waals surface area contributed by atoms with E-state index in [4.69, 9.17) is 4.74 Å². The van der Waals surface area contributed by atoms with Crippen molar-refractivity contribution in [3.63, 3.8) is 0 Å². The van der Waals surface area contributed by atoms with Crippen LogP contribution >= 0.6 is 0 Å². The molecule has 0 fully saturated rings. The highest BCUT2D eigenvalue weighted by Gasteiger charge is 2.47. The summed E-state index contributed by atoms with van der Waals surface area (Å²) < 4.78 is 5.11. The summed E-state index contributed by atoms with van der Waals surface area (Å²) in [5, 5.41) is 29.2. The van der Waals surface area contributed by atoms with Crippen molar-refractivity contribution in [3.8, 4) is 11.5 Å². The number of hydrogen-bond donors (Lipinski definition) is 3. The Morgan fingerprint density at radius 1 is 1.41 bits per heavy atom. The molecule has 1 aliphatic rings. The lowest BCUT2D eigenvalue weighted by atomic mass is 9.88. The van der Waals surface area contributed by atoms with Crippen LogP contribution < -0.4 is 0 Å². The molecule has 1 aliphatic heterocycles. The van der Waals surface area contributed by atoms with Crippen LogP contribution in [0.25, 0.3) is 0 Å². The number of fused-ring (bicyclic) bond motifs is 1. The van der Waals surface area contributed by atoms with E-state index in [2.05, 4.69) is 0 Å². The number of benzene rings is 1. The van der Waals surface area contributed by atoms with E-state index in [-0.39, 0.29) is 22.6 Å². The molecule has 2 rings (SSSR count). The standard InChI is InChI=1S/C12H14O5/c1-5-8(14)4-7-9(10(5)15)11(16)17-12(7,3)6(2)13/h4,6,13-15H,1-3H3/t6?,12-/m0/s1. The van der Waals surface area contributed by atoms with Gasteiger partial charge in [-0.3, -0.25) is 0 Å². The lowest BCUT2D eigenvalue weighted by molar-refractivity contribution is -0.0656. The van der Waals surface area contributed by atoms with Crippen molar-refractivity contribution in [1.82, 2.24) is 0 Å². The first-order chi connectivity index (χ1) is 7.79. The van der Waals surface area contributed by atoms with Gasteiger partial charge in [-0.05, 0) is 26.8 Å². The van der Waals surface area contributed by atoms with Gasteiger partial charge < -0.3 is 20.1 Å². The monoisotopic (exact) mass is 238 g/mol. The van der Waals surface area contributed by atoms with Crippen molar-refractivity contribution in [2.75, 3.05) is 0 Å². The Bertz CT molecular complexity index is 506. The number of cyclic esters (lactones) is 1. The number of aliphatic hydroxyl groups is 1. The molecule has 1 heterocycles. The molecule has 1 aromatic carbocycles. The van der Waals surface area contributed by atoms with Gasteiger partial charge in [-0.25, -0.2) is 4.79 Å². The van der Waals surface area contributed by atoms with Gasteiger partial charge in [-0.1, -0.05) is 0 Å². The molecule has 1 aromatic rings. The van der Waals surface area contributed by atoms with Crippen LogP contribution in [0.1, 0.15) is 35.3 Å². The fourth-order valence-corrected chi connectivity index (χ4v) is 1.96. The van der Waals surface area contributed by atoms with Crippen LogP contribution in [0.3, 0.4) is 0 Å². The number of phenolic OH excluding ortho intramolecular Hbond substituents is 2. The lowest BCUT2D eigenvalue weighted by Gasteiger charge is -2.27. The molecule has 0 radical (unpaired) electrons. The summed E-state index contributed by atoms with van der Waals surface area (Å²) in [6.45, 7) is 4.52. The van der Waals surface area contributed by atoms with Gasteiger partial charge in [0.1, 0.15) is 17.1 Å². The van der Waals surface area contributed by atoms with Crippen molar-refractivity contribution in [1.29, 1.82) is 0 Å². The van der Waals surface area contributed by atoms with Crippen LogP contribution in [-0.2, 0) is 10.3 Å². The molecule has 1 unspecified atom stereocenters. The summed E-state index contributed by atoms with van der Waals surface area (Å²) in [7, 11) is 0. The van der Waals surface area contributed by atoms with Gasteiger partial charge in [-0.15, -0.1) is 0 Å². The van der Waals surface area contributed by atoms with Crippen LogP contribution in [0.2, 0.25) is 0 Å². The second-order valence-electron chi connectivity index (χ2n) is 4.46. The maximum atomic E-state index is 11.7. The third-order valence-corrected chi connectivity index (χ3v) is 3.37. The maximum absolute atomic E-state index is 11.7. The highest BCUT2D eigenvalue weighted by Crippen LogP contribution is 2.46. The Hall–Kier alpha value is -1.75. The van der Waals surface area contributed by atoms with Gasteiger partial charge in [0.25, 0.3) is 0 Å².